The maximum atomic E-state index is 9.53. The summed E-state index contributed by atoms with van der Waals surface area (Å²) in [7, 11) is 0. The van der Waals surface area contributed by atoms with E-state index < -0.39 is 0 Å². The van der Waals surface area contributed by atoms with E-state index in [9.17, 15) is 5.11 Å². The maximum absolute atomic E-state index is 9.53. The Labute approximate surface area is 160 Å². The van der Waals surface area contributed by atoms with Crippen LogP contribution in [-0.4, -0.2) is 30.7 Å². The average molecular weight is 437 g/mol. The standard InChI is InChI=1S/C19H23N3O.HI/c1-2-20-19(21-12-10-15-6-5-8-17(23)14-15)22-13-11-16-7-3-4-9-18(16)22;/h3-9,14,23H,2,10-13H2,1H3,(H,20,21);1H. The Morgan fingerprint density at radius 2 is 2.04 bits per heavy atom. The molecular formula is C19H24IN3O. The summed E-state index contributed by atoms with van der Waals surface area (Å²) in [5, 5.41) is 12.9. The Kier molecular flexibility index (Phi) is 6.90. The van der Waals surface area contributed by atoms with Crippen LogP contribution in [0.15, 0.2) is 53.5 Å². The van der Waals surface area contributed by atoms with E-state index in [0.29, 0.717) is 12.3 Å². The van der Waals surface area contributed by atoms with Gasteiger partial charge in [0.05, 0.1) is 0 Å². The van der Waals surface area contributed by atoms with Crippen molar-refractivity contribution in [3.8, 4) is 5.75 Å². The number of aliphatic imine (C=N–C) groups is 1. The monoisotopic (exact) mass is 437 g/mol. The minimum atomic E-state index is 0. The van der Waals surface area contributed by atoms with E-state index >= 15 is 0 Å². The predicted molar refractivity (Wildman–Crippen MR) is 111 cm³/mol. The largest absolute Gasteiger partial charge is 0.508 e. The van der Waals surface area contributed by atoms with Crippen LogP contribution in [0.2, 0.25) is 0 Å². The minimum absolute atomic E-state index is 0. The molecular weight excluding hydrogens is 413 g/mol. The molecule has 3 rings (SSSR count). The highest BCUT2D eigenvalue weighted by molar-refractivity contribution is 14.0. The van der Waals surface area contributed by atoms with Crippen LogP contribution in [0.1, 0.15) is 18.1 Å². The summed E-state index contributed by atoms with van der Waals surface area (Å²) in [6, 6.07) is 15.9. The molecule has 1 aliphatic rings. The van der Waals surface area contributed by atoms with Crippen molar-refractivity contribution in [2.75, 3.05) is 24.5 Å². The van der Waals surface area contributed by atoms with Crippen molar-refractivity contribution in [1.29, 1.82) is 0 Å². The summed E-state index contributed by atoms with van der Waals surface area (Å²) >= 11 is 0. The molecule has 2 aromatic carbocycles. The number of hydrogen-bond donors (Lipinski definition) is 2. The molecule has 0 aromatic heterocycles. The molecule has 0 spiro atoms. The molecule has 0 saturated carbocycles. The van der Waals surface area contributed by atoms with E-state index in [2.05, 4.69) is 41.4 Å². The summed E-state index contributed by atoms with van der Waals surface area (Å²) in [6.07, 6.45) is 1.88. The second-order valence-corrected chi connectivity index (χ2v) is 5.69. The van der Waals surface area contributed by atoms with Crippen LogP contribution in [0.25, 0.3) is 0 Å². The average Bonchev–Trinajstić information content (AvgIpc) is 2.98. The third-order valence-corrected chi connectivity index (χ3v) is 4.05. The highest BCUT2D eigenvalue weighted by atomic mass is 127. The Bertz CT molecular complexity index is 703. The SMILES string of the molecule is CCNC(=NCCc1cccc(O)c1)N1CCc2ccccc21.I. The zero-order chi connectivity index (χ0) is 16.1. The zero-order valence-corrected chi connectivity index (χ0v) is 16.2. The number of para-hydroxylation sites is 1. The lowest BCUT2D eigenvalue weighted by Crippen LogP contribution is -2.40. The van der Waals surface area contributed by atoms with Gasteiger partial charge in [0.25, 0.3) is 0 Å². The molecule has 0 atom stereocenters. The lowest BCUT2D eigenvalue weighted by Gasteiger charge is -2.22. The van der Waals surface area contributed by atoms with E-state index in [1.807, 2.05) is 12.1 Å². The number of benzene rings is 2. The molecule has 1 aliphatic heterocycles. The van der Waals surface area contributed by atoms with E-state index in [-0.39, 0.29) is 24.0 Å². The van der Waals surface area contributed by atoms with Gasteiger partial charge in [-0.05, 0) is 49.1 Å². The molecule has 0 amide bonds. The van der Waals surface area contributed by atoms with Crippen LogP contribution < -0.4 is 10.2 Å². The number of rotatable bonds is 4. The number of anilines is 1. The summed E-state index contributed by atoms with van der Waals surface area (Å²) < 4.78 is 0. The molecule has 0 unspecified atom stereocenters. The van der Waals surface area contributed by atoms with Gasteiger partial charge in [0.1, 0.15) is 5.75 Å². The summed E-state index contributed by atoms with van der Waals surface area (Å²) in [6.45, 7) is 4.61. The number of halogens is 1. The van der Waals surface area contributed by atoms with Crippen LogP contribution in [0, 0.1) is 0 Å². The number of nitrogens with zero attached hydrogens (tertiary/aromatic N) is 2. The second kappa shape index (κ2) is 8.92. The Hall–Kier alpha value is -1.76. The molecule has 0 radical (unpaired) electrons. The maximum Gasteiger partial charge on any atom is 0.198 e. The fraction of sp³-hybridized carbons (Fsp3) is 0.316. The summed E-state index contributed by atoms with van der Waals surface area (Å²) in [5.74, 6) is 1.25. The number of phenolic OH excluding ortho intramolecular Hbond substituents is 1. The Balaban J connectivity index is 0.00000208. The fourth-order valence-electron chi connectivity index (χ4n) is 2.96. The molecule has 5 heteroatoms. The van der Waals surface area contributed by atoms with Crippen molar-refractivity contribution in [3.05, 3.63) is 59.7 Å². The molecule has 0 bridgehead atoms. The predicted octanol–water partition coefficient (Wildman–Crippen LogP) is 3.58. The van der Waals surface area contributed by atoms with Crippen molar-refractivity contribution in [3.63, 3.8) is 0 Å². The highest BCUT2D eigenvalue weighted by Gasteiger charge is 2.22. The van der Waals surface area contributed by atoms with E-state index in [1.54, 1.807) is 12.1 Å². The molecule has 2 N–H and O–H groups in total. The number of hydrogen-bond acceptors (Lipinski definition) is 2. The van der Waals surface area contributed by atoms with Gasteiger partial charge in [-0.3, -0.25) is 4.99 Å². The fourth-order valence-corrected chi connectivity index (χ4v) is 2.96. The van der Waals surface area contributed by atoms with Gasteiger partial charge in [0.2, 0.25) is 0 Å². The number of fused-ring (bicyclic) bond motifs is 1. The lowest BCUT2D eigenvalue weighted by molar-refractivity contribution is 0.474. The van der Waals surface area contributed by atoms with Gasteiger partial charge in [0.15, 0.2) is 5.96 Å². The van der Waals surface area contributed by atoms with Gasteiger partial charge < -0.3 is 15.3 Å². The zero-order valence-electron chi connectivity index (χ0n) is 13.9. The van der Waals surface area contributed by atoms with Gasteiger partial charge in [-0.1, -0.05) is 30.3 Å². The van der Waals surface area contributed by atoms with Gasteiger partial charge in [-0.25, -0.2) is 0 Å². The molecule has 1 heterocycles. The van der Waals surface area contributed by atoms with Gasteiger partial charge in [-0.2, -0.15) is 0 Å². The van der Waals surface area contributed by atoms with E-state index in [1.165, 1.54) is 11.3 Å². The first-order chi connectivity index (χ1) is 11.3. The van der Waals surface area contributed by atoms with Crippen molar-refractivity contribution in [2.24, 2.45) is 4.99 Å². The van der Waals surface area contributed by atoms with Crippen molar-refractivity contribution in [1.82, 2.24) is 5.32 Å². The quantitative estimate of drug-likeness (QED) is 0.437. The van der Waals surface area contributed by atoms with Crippen LogP contribution in [0.3, 0.4) is 0 Å². The first kappa shape index (κ1) is 18.6. The molecule has 0 saturated heterocycles. The van der Waals surface area contributed by atoms with Gasteiger partial charge >= 0.3 is 0 Å². The van der Waals surface area contributed by atoms with Crippen molar-refractivity contribution < 1.29 is 5.11 Å². The molecule has 2 aromatic rings. The Morgan fingerprint density at radius 1 is 1.21 bits per heavy atom. The normalized spacial score (nSPS) is 13.4. The van der Waals surface area contributed by atoms with Crippen molar-refractivity contribution >= 4 is 35.6 Å². The third kappa shape index (κ3) is 4.41. The number of guanidine groups is 1. The van der Waals surface area contributed by atoms with Crippen LogP contribution in [0.5, 0.6) is 5.75 Å². The second-order valence-electron chi connectivity index (χ2n) is 5.69. The molecule has 0 aliphatic carbocycles. The topological polar surface area (TPSA) is 47.9 Å². The lowest BCUT2D eigenvalue weighted by atomic mass is 10.1. The van der Waals surface area contributed by atoms with E-state index in [0.717, 1.165) is 37.5 Å². The third-order valence-electron chi connectivity index (χ3n) is 4.05. The van der Waals surface area contributed by atoms with Crippen LogP contribution in [-0.2, 0) is 12.8 Å². The molecule has 24 heavy (non-hydrogen) atoms. The van der Waals surface area contributed by atoms with Crippen LogP contribution in [0.4, 0.5) is 5.69 Å². The first-order valence-corrected chi connectivity index (χ1v) is 8.19. The van der Waals surface area contributed by atoms with Crippen molar-refractivity contribution in [2.45, 2.75) is 19.8 Å². The number of phenols is 1. The number of nitrogens with one attached hydrogen (secondary N) is 1. The molecule has 4 nitrogen and oxygen atoms in total. The Morgan fingerprint density at radius 3 is 2.83 bits per heavy atom. The van der Waals surface area contributed by atoms with Gasteiger partial charge in [0, 0.05) is 25.3 Å². The summed E-state index contributed by atoms with van der Waals surface area (Å²) in [4.78, 5) is 7.03. The smallest absolute Gasteiger partial charge is 0.198 e. The molecule has 128 valence electrons. The number of aromatic hydroxyl groups is 1. The first-order valence-electron chi connectivity index (χ1n) is 8.19. The van der Waals surface area contributed by atoms with Crippen LogP contribution >= 0.6 is 24.0 Å². The molecule has 0 fully saturated rings. The minimum Gasteiger partial charge on any atom is -0.508 e. The summed E-state index contributed by atoms with van der Waals surface area (Å²) in [5.41, 5.74) is 3.74. The highest BCUT2D eigenvalue weighted by Crippen LogP contribution is 2.27. The van der Waals surface area contributed by atoms with E-state index in [4.69, 9.17) is 4.99 Å². The van der Waals surface area contributed by atoms with Gasteiger partial charge in [-0.15, -0.1) is 24.0 Å².